The molecule has 1 heterocycles. The normalized spacial score (nSPS) is 14.7. The lowest BCUT2D eigenvalue weighted by atomic mass is 9.98. The first kappa shape index (κ1) is 30.0. The fourth-order valence-corrected chi connectivity index (χ4v) is 4.21. The number of rotatable bonds is 9. The van der Waals surface area contributed by atoms with Crippen LogP contribution in [0.4, 0.5) is 10.1 Å². The summed E-state index contributed by atoms with van der Waals surface area (Å²) in [7, 11) is 0. The van der Waals surface area contributed by atoms with E-state index in [4.69, 9.17) is 9.57 Å². The molecule has 9 heteroatoms. The number of anilines is 1. The number of carbonyl (C=O) groups is 4. The number of oxime groups is 1. The third kappa shape index (κ3) is 7.42. The van der Waals surface area contributed by atoms with Crippen LogP contribution in [-0.2, 0) is 19.2 Å². The number of hydrogen-bond donors (Lipinski definition) is 0. The van der Waals surface area contributed by atoms with E-state index in [1.807, 2.05) is 6.92 Å². The number of halogens is 1. The summed E-state index contributed by atoms with van der Waals surface area (Å²) in [6.07, 6.45) is 2.40. The molecule has 1 amide bonds. The molecule has 0 fully saturated rings. The number of nitrogens with zero attached hydrogens (tertiary/aromatic N) is 2. The molecule has 216 valence electrons. The van der Waals surface area contributed by atoms with E-state index in [1.54, 1.807) is 51.1 Å². The first-order valence-electron chi connectivity index (χ1n) is 13.5. The van der Waals surface area contributed by atoms with Crippen molar-refractivity contribution in [2.45, 2.75) is 45.8 Å². The van der Waals surface area contributed by atoms with Crippen molar-refractivity contribution < 1.29 is 33.1 Å². The number of esters is 1. The molecule has 0 aromatic heterocycles. The molecule has 8 nitrogen and oxygen atoms in total. The Morgan fingerprint density at radius 3 is 2.05 bits per heavy atom. The Labute approximate surface area is 243 Å². The van der Waals surface area contributed by atoms with E-state index in [0.717, 1.165) is 0 Å². The van der Waals surface area contributed by atoms with Gasteiger partial charge in [0.05, 0.1) is 5.71 Å². The lowest BCUT2D eigenvalue weighted by molar-refractivity contribution is -0.166. The highest BCUT2D eigenvalue weighted by Crippen LogP contribution is 2.21. The summed E-state index contributed by atoms with van der Waals surface area (Å²) in [6, 6.07) is 18.4. The fourth-order valence-electron chi connectivity index (χ4n) is 4.21. The van der Waals surface area contributed by atoms with Gasteiger partial charge in [-0.2, -0.15) is 0 Å². The molecule has 3 aromatic carbocycles. The summed E-state index contributed by atoms with van der Waals surface area (Å²) in [5.74, 6) is -2.51. The van der Waals surface area contributed by atoms with Crippen LogP contribution in [0.3, 0.4) is 0 Å². The molecule has 1 aliphatic heterocycles. The van der Waals surface area contributed by atoms with E-state index in [-0.39, 0.29) is 29.3 Å². The smallest absolute Gasteiger partial charge is 0.351 e. The average Bonchev–Trinajstić information content (AvgIpc) is 3.47. The van der Waals surface area contributed by atoms with Crippen LogP contribution in [0.15, 0.2) is 84.0 Å². The SMILES string of the molecule is CCN(C(=O)C=Cc1ccc(C(=O)C(=O)c2ccc(C3=NOC(C(=O)OC(C)(C)C)C3)cc2)cc1)c1ccc(F)cc1. The molecule has 0 aliphatic carbocycles. The fraction of sp³-hybridized carbons (Fsp3) is 0.242. The Morgan fingerprint density at radius 1 is 0.929 bits per heavy atom. The standard InChI is InChI=1S/C33H31FN2O6/c1-5-36(26-17-15-25(34)16-18-26)29(37)19-8-21-6-9-23(10-7-21)30(38)31(39)24-13-11-22(12-14-24)27-20-28(42-35-27)32(40)41-33(2,3)4/h6-19,28H,5,20H2,1-4H3. The van der Waals surface area contributed by atoms with Gasteiger partial charge in [-0.1, -0.05) is 53.7 Å². The summed E-state index contributed by atoms with van der Waals surface area (Å²) in [4.78, 5) is 57.4. The molecule has 0 spiro atoms. The van der Waals surface area contributed by atoms with Crippen LogP contribution in [0, 0.1) is 5.82 Å². The quantitative estimate of drug-likeness (QED) is 0.140. The number of Topliss-reactive ketones (excluding diaryl/α,β-unsaturated/α-hetero) is 2. The minimum absolute atomic E-state index is 0.210. The molecule has 0 bridgehead atoms. The lowest BCUT2D eigenvalue weighted by Crippen LogP contribution is -2.32. The zero-order chi connectivity index (χ0) is 30.4. The van der Waals surface area contributed by atoms with E-state index >= 15 is 0 Å². The van der Waals surface area contributed by atoms with E-state index in [0.29, 0.717) is 29.1 Å². The highest BCUT2D eigenvalue weighted by Gasteiger charge is 2.33. The van der Waals surface area contributed by atoms with Gasteiger partial charge in [0.2, 0.25) is 17.7 Å². The van der Waals surface area contributed by atoms with Crippen molar-refractivity contribution in [1.29, 1.82) is 0 Å². The number of carbonyl (C=O) groups excluding carboxylic acids is 4. The summed E-state index contributed by atoms with van der Waals surface area (Å²) in [5, 5.41) is 3.98. The van der Waals surface area contributed by atoms with Crippen molar-refractivity contribution in [3.05, 3.63) is 107 Å². The Bertz CT molecular complexity index is 1540. The Morgan fingerprint density at radius 2 is 1.50 bits per heavy atom. The van der Waals surface area contributed by atoms with Crippen LogP contribution in [0.2, 0.25) is 0 Å². The van der Waals surface area contributed by atoms with Crippen LogP contribution < -0.4 is 4.90 Å². The minimum atomic E-state index is -0.835. The number of amides is 1. The van der Waals surface area contributed by atoms with Crippen LogP contribution in [-0.4, -0.2) is 47.4 Å². The van der Waals surface area contributed by atoms with Gasteiger partial charge in [-0.05, 0) is 69.2 Å². The van der Waals surface area contributed by atoms with Gasteiger partial charge < -0.3 is 14.5 Å². The molecule has 0 radical (unpaired) electrons. The van der Waals surface area contributed by atoms with Gasteiger partial charge in [-0.3, -0.25) is 14.4 Å². The first-order chi connectivity index (χ1) is 19.9. The first-order valence-corrected chi connectivity index (χ1v) is 13.5. The number of likely N-dealkylation sites (N-methyl/N-ethyl adjacent to an activating group) is 1. The van der Waals surface area contributed by atoms with E-state index < -0.39 is 29.2 Å². The van der Waals surface area contributed by atoms with E-state index in [1.165, 1.54) is 59.5 Å². The molecule has 0 saturated carbocycles. The predicted octanol–water partition coefficient (Wildman–Crippen LogP) is 5.79. The van der Waals surface area contributed by atoms with Crippen LogP contribution in [0.5, 0.6) is 0 Å². The molecule has 1 aliphatic rings. The lowest BCUT2D eigenvalue weighted by Gasteiger charge is -2.20. The molecule has 0 N–H and O–H groups in total. The molecular weight excluding hydrogens is 539 g/mol. The summed E-state index contributed by atoms with van der Waals surface area (Å²) < 4.78 is 18.6. The van der Waals surface area contributed by atoms with Crippen LogP contribution in [0.1, 0.15) is 66.0 Å². The minimum Gasteiger partial charge on any atom is -0.457 e. The Balaban J connectivity index is 1.35. The zero-order valence-electron chi connectivity index (χ0n) is 23.8. The molecular formula is C33H31FN2O6. The number of ether oxygens (including phenoxy) is 1. The van der Waals surface area contributed by atoms with E-state index in [9.17, 15) is 23.6 Å². The Kier molecular flexibility index (Phi) is 9.10. The van der Waals surface area contributed by atoms with E-state index in [2.05, 4.69) is 5.16 Å². The molecule has 4 rings (SSSR count). The predicted molar refractivity (Wildman–Crippen MR) is 157 cm³/mol. The van der Waals surface area contributed by atoms with Gasteiger partial charge in [0.1, 0.15) is 11.4 Å². The average molecular weight is 571 g/mol. The summed E-state index contributed by atoms with van der Waals surface area (Å²) >= 11 is 0. The number of hydrogen-bond acceptors (Lipinski definition) is 7. The summed E-state index contributed by atoms with van der Waals surface area (Å²) in [5.41, 5.74) is 2.22. The van der Waals surface area contributed by atoms with Gasteiger partial charge in [-0.15, -0.1) is 0 Å². The highest BCUT2D eigenvalue weighted by molar-refractivity contribution is 6.49. The zero-order valence-corrected chi connectivity index (χ0v) is 23.8. The highest BCUT2D eigenvalue weighted by atomic mass is 19.1. The van der Waals surface area contributed by atoms with Crippen LogP contribution >= 0.6 is 0 Å². The maximum Gasteiger partial charge on any atom is 0.351 e. The third-order valence-electron chi connectivity index (χ3n) is 6.34. The third-order valence-corrected chi connectivity index (χ3v) is 6.34. The molecule has 1 atom stereocenters. The van der Waals surface area contributed by atoms with Crippen molar-refractivity contribution >= 4 is 40.9 Å². The van der Waals surface area contributed by atoms with Gasteiger partial charge in [0.25, 0.3) is 5.91 Å². The second kappa shape index (κ2) is 12.7. The molecule has 1 unspecified atom stereocenters. The van der Waals surface area contributed by atoms with Crippen LogP contribution in [0.25, 0.3) is 6.08 Å². The monoisotopic (exact) mass is 570 g/mol. The van der Waals surface area contributed by atoms with Crippen molar-refractivity contribution in [3.8, 4) is 0 Å². The second-order valence-electron chi connectivity index (χ2n) is 10.6. The molecule has 0 saturated heterocycles. The maximum absolute atomic E-state index is 13.2. The molecule has 3 aromatic rings. The van der Waals surface area contributed by atoms with Crippen molar-refractivity contribution in [3.63, 3.8) is 0 Å². The van der Waals surface area contributed by atoms with Crippen molar-refractivity contribution in [2.75, 3.05) is 11.4 Å². The largest absolute Gasteiger partial charge is 0.457 e. The van der Waals surface area contributed by atoms with Gasteiger partial charge in [0, 0.05) is 35.9 Å². The van der Waals surface area contributed by atoms with Gasteiger partial charge >= 0.3 is 5.97 Å². The molecule has 42 heavy (non-hydrogen) atoms. The van der Waals surface area contributed by atoms with Gasteiger partial charge in [-0.25, -0.2) is 9.18 Å². The number of benzene rings is 3. The van der Waals surface area contributed by atoms with Gasteiger partial charge in [0.15, 0.2) is 0 Å². The Hall–Kier alpha value is -4.92. The summed E-state index contributed by atoms with van der Waals surface area (Å²) in [6.45, 7) is 7.53. The number of ketones is 2. The van der Waals surface area contributed by atoms with Crippen molar-refractivity contribution in [2.24, 2.45) is 5.16 Å². The second-order valence-corrected chi connectivity index (χ2v) is 10.6. The van der Waals surface area contributed by atoms with Crippen molar-refractivity contribution in [1.82, 2.24) is 0 Å². The topological polar surface area (TPSA) is 102 Å². The maximum atomic E-state index is 13.2.